The summed E-state index contributed by atoms with van der Waals surface area (Å²) in [6, 6.07) is 11.7. The summed E-state index contributed by atoms with van der Waals surface area (Å²) in [5.74, 6) is 6.23. The Kier molecular flexibility index (Phi) is 7.04. The zero-order valence-corrected chi connectivity index (χ0v) is 16.1. The van der Waals surface area contributed by atoms with Gasteiger partial charge in [-0.1, -0.05) is 56.6 Å². The maximum atomic E-state index is 13.2. The highest BCUT2D eigenvalue weighted by Crippen LogP contribution is 2.37. The van der Waals surface area contributed by atoms with Crippen molar-refractivity contribution in [2.24, 2.45) is 5.92 Å². The molecule has 3 rings (SSSR count). The van der Waals surface area contributed by atoms with Crippen molar-refractivity contribution in [1.29, 1.82) is 0 Å². The highest BCUT2D eigenvalue weighted by Gasteiger charge is 2.21. The van der Waals surface area contributed by atoms with E-state index in [1.165, 1.54) is 69.1 Å². The molecule has 0 N–H and O–H groups in total. The molecule has 0 spiro atoms. The van der Waals surface area contributed by atoms with Crippen LogP contribution in [-0.2, 0) is 0 Å². The van der Waals surface area contributed by atoms with Crippen molar-refractivity contribution in [1.82, 2.24) is 0 Å². The van der Waals surface area contributed by atoms with Gasteiger partial charge in [0.05, 0.1) is 0 Å². The molecule has 2 aromatic carbocycles. The maximum Gasteiger partial charge on any atom is 0.127 e. The van der Waals surface area contributed by atoms with Crippen molar-refractivity contribution in [3.05, 3.63) is 70.8 Å². The van der Waals surface area contributed by atoms with Crippen molar-refractivity contribution in [2.45, 2.75) is 64.2 Å². The van der Waals surface area contributed by atoms with Crippen LogP contribution in [0.1, 0.15) is 80.9 Å². The second-order valence-electron chi connectivity index (χ2n) is 7.74. The minimum atomic E-state index is -0.597. The van der Waals surface area contributed by atoms with Gasteiger partial charge in [0.1, 0.15) is 11.6 Å². The van der Waals surface area contributed by atoms with Gasteiger partial charge < -0.3 is 0 Å². The van der Waals surface area contributed by atoms with Crippen LogP contribution in [0.4, 0.5) is 8.78 Å². The van der Waals surface area contributed by atoms with E-state index in [1.807, 2.05) is 12.1 Å². The third-order valence-electron chi connectivity index (χ3n) is 5.66. The summed E-state index contributed by atoms with van der Waals surface area (Å²) >= 11 is 0. The van der Waals surface area contributed by atoms with Crippen LogP contribution in [-0.4, -0.2) is 0 Å². The fourth-order valence-electron chi connectivity index (χ4n) is 4.08. The number of hydrogen-bond donors (Lipinski definition) is 0. The molecule has 0 aliphatic heterocycles. The first-order valence-electron chi connectivity index (χ1n) is 10.2. The number of benzene rings is 2. The molecule has 1 saturated carbocycles. The molecule has 0 saturated heterocycles. The average Bonchev–Trinajstić information content (AvgIpc) is 2.67. The Hall–Kier alpha value is -2.14. The Morgan fingerprint density at radius 2 is 1.44 bits per heavy atom. The number of hydrogen-bond acceptors (Lipinski definition) is 0. The van der Waals surface area contributed by atoms with Crippen molar-refractivity contribution in [3.8, 4) is 11.8 Å². The first-order valence-corrected chi connectivity index (χ1v) is 10.2. The predicted molar refractivity (Wildman–Crippen MR) is 108 cm³/mol. The molecule has 0 nitrogen and oxygen atoms in total. The van der Waals surface area contributed by atoms with Gasteiger partial charge in [0.25, 0.3) is 0 Å². The van der Waals surface area contributed by atoms with Crippen LogP contribution in [0.2, 0.25) is 0 Å². The highest BCUT2D eigenvalue weighted by atomic mass is 19.1. The second kappa shape index (κ2) is 9.70. The standard InChI is InChI=1S/C25H28F2/c1-2-3-4-5-19-8-12-22(13-9-19)23-14-10-20(11-15-23)6-7-21-16-24(26)18-25(27)17-21/h10-11,14-19,22H,2-5,8-9,12-13H2,1H3. The lowest BCUT2D eigenvalue weighted by Crippen LogP contribution is -2.13. The summed E-state index contributed by atoms with van der Waals surface area (Å²) in [6.45, 7) is 2.27. The minimum absolute atomic E-state index is 0.359. The van der Waals surface area contributed by atoms with E-state index in [0.717, 1.165) is 17.5 Å². The van der Waals surface area contributed by atoms with Crippen molar-refractivity contribution in [2.75, 3.05) is 0 Å². The third-order valence-corrected chi connectivity index (χ3v) is 5.66. The topological polar surface area (TPSA) is 0 Å². The zero-order valence-electron chi connectivity index (χ0n) is 16.1. The molecule has 1 aliphatic rings. The monoisotopic (exact) mass is 366 g/mol. The van der Waals surface area contributed by atoms with E-state index in [4.69, 9.17) is 0 Å². The smallest absolute Gasteiger partial charge is 0.127 e. The van der Waals surface area contributed by atoms with Crippen LogP contribution in [0.15, 0.2) is 42.5 Å². The summed E-state index contributed by atoms with van der Waals surface area (Å²) in [5.41, 5.74) is 2.62. The van der Waals surface area contributed by atoms with E-state index in [0.29, 0.717) is 11.5 Å². The lowest BCUT2D eigenvalue weighted by atomic mass is 9.77. The highest BCUT2D eigenvalue weighted by molar-refractivity contribution is 5.44. The molecule has 0 unspecified atom stereocenters. The molecular formula is C25H28F2. The molecule has 0 radical (unpaired) electrons. The van der Waals surface area contributed by atoms with Crippen molar-refractivity contribution in [3.63, 3.8) is 0 Å². The SMILES string of the molecule is CCCCCC1CCC(c2ccc(C#Cc3cc(F)cc(F)c3)cc2)CC1. The van der Waals surface area contributed by atoms with Gasteiger partial charge >= 0.3 is 0 Å². The molecule has 1 aliphatic carbocycles. The fourth-order valence-corrected chi connectivity index (χ4v) is 4.08. The van der Waals surface area contributed by atoms with Crippen LogP contribution >= 0.6 is 0 Å². The molecule has 0 atom stereocenters. The van der Waals surface area contributed by atoms with Crippen molar-refractivity contribution < 1.29 is 8.78 Å². The number of rotatable bonds is 5. The Bertz CT molecular complexity index is 767. The van der Waals surface area contributed by atoms with Gasteiger partial charge in [0.2, 0.25) is 0 Å². The van der Waals surface area contributed by atoms with E-state index in [-0.39, 0.29) is 0 Å². The molecule has 2 aromatic rings. The Labute approximate surface area is 162 Å². The van der Waals surface area contributed by atoms with Gasteiger partial charge in [-0.05, 0) is 67.3 Å². The molecule has 2 heteroatoms. The molecule has 1 fully saturated rings. The van der Waals surface area contributed by atoms with Gasteiger partial charge in [-0.3, -0.25) is 0 Å². The molecule has 0 heterocycles. The van der Waals surface area contributed by atoms with Crippen LogP contribution in [0, 0.1) is 29.4 Å². The zero-order chi connectivity index (χ0) is 19.1. The average molecular weight is 366 g/mol. The van der Waals surface area contributed by atoms with E-state index in [1.54, 1.807) is 0 Å². The second-order valence-corrected chi connectivity index (χ2v) is 7.74. The first kappa shape index (κ1) is 19.6. The molecule has 142 valence electrons. The fraction of sp³-hybridized carbons (Fsp3) is 0.440. The lowest BCUT2D eigenvalue weighted by Gasteiger charge is -2.29. The Morgan fingerprint density at radius 1 is 0.815 bits per heavy atom. The number of unbranched alkanes of at least 4 members (excludes halogenated alkanes) is 2. The van der Waals surface area contributed by atoms with Crippen LogP contribution < -0.4 is 0 Å². The normalized spacial score (nSPS) is 19.4. The van der Waals surface area contributed by atoms with Crippen LogP contribution in [0.25, 0.3) is 0 Å². The molecule has 0 aromatic heterocycles. The van der Waals surface area contributed by atoms with Crippen molar-refractivity contribution >= 4 is 0 Å². The summed E-state index contributed by atoms with van der Waals surface area (Å²) in [4.78, 5) is 0. The van der Waals surface area contributed by atoms with Gasteiger partial charge in [-0.2, -0.15) is 0 Å². The van der Waals surface area contributed by atoms with Gasteiger partial charge in [0, 0.05) is 17.2 Å². The summed E-state index contributed by atoms with van der Waals surface area (Å²) < 4.78 is 26.4. The first-order chi connectivity index (χ1) is 13.1. The third kappa shape index (κ3) is 5.93. The van der Waals surface area contributed by atoms with Crippen LogP contribution in [0.3, 0.4) is 0 Å². The Morgan fingerprint density at radius 3 is 2.07 bits per heavy atom. The molecule has 27 heavy (non-hydrogen) atoms. The predicted octanol–water partition coefficient (Wildman–Crippen LogP) is 7.22. The Balaban J connectivity index is 1.56. The quantitative estimate of drug-likeness (QED) is 0.387. The summed E-state index contributed by atoms with van der Waals surface area (Å²) in [5, 5.41) is 0. The largest absolute Gasteiger partial charge is 0.207 e. The van der Waals surface area contributed by atoms with E-state index < -0.39 is 11.6 Å². The summed E-state index contributed by atoms with van der Waals surface area (Å²) in [6.07, 6.45) is 10.7. The van der Waals surface area contributed by atoms with Gasteiger partial charge in [-0.15, -0.1) is 0 Å². The van der Waals surface area contributed by atoms with Crippen LogP contribution in [0.5, 0.6) is 0 Å². The molecular weight excluding hydrogens is 338 g/mol. The summed E-state index contributed by atoms with van der Waals surface area (Å²) in [7, 11) is 0. The lowest BCUT2D eigenvalue weighted by molar-refractivity contribution is 0.303. The molecule has 0 amide bonds. The van der Waals surface area contributed by atoms with Gasteiger partial charge in [0.15, 0.2) is 0 Å². The van der Waals surface area contributed by atoms with E-state index in [2.05, 4.69) is 30.9 Å². The number of halogens is 2. The van der Waals surface area contributed by atoms with E-state index in [9.17, 15) is 8.78 Å². The minimum Gasteiger partial charge on any atom is -0.207 e. The maximum absolute atomic E-state index is 13.2. The molecule has 0 bridgehead atoms. The van der Waals surface area contributed by atoms with Gasteiger partial charge in [-0.25, -0.2) is 8.78 Å². The van der Waals surface area contributed by atoms with E-state index >= 15 is 0 Å².